The van der Waals surface area contributed by atoms with Crippen LogP contribution >= 0.6 is 0 Å². The van der Waals surface area contributed by atoms with E-state index in [4.69, 9.17) is 6.57 Å². The second-order valence-corrected chi connectivity index (χ2v) is 10.7. The lowest BCUT2D eigenvalue weighted by molar-refractivity contribution is -0.114. The van der Waals surface area contributed by atoms with Crippen LogP contribution in [0.25, 0.3) is 33.3 Å². The number of carbonyl (C=O) groups excluding carboxylic acids is 1. The summed E-state index contributed by atoms with van der Waals surface area (Å²) in [5.74, 6) is -3.19. The van der Waals surface area contributed by atoms with Crippen molar-refractivity contribution in [2.24, 2.45) is 0 Å². The minimum Gasteiger partial charge on any atom is -0.493 e. The summed E-state index contributed by atoms with van der Waals surface area (Å²) in [5.41, 5.74) is 3.46. The maximum atomic E-state index is 13.8. The Kier molecular flexibility index (Phi) is 8.45. The number of aromatic hydroxyl groups is 1. The topological polar surface area (TPSA) is 148 Å². The monoisotopic (exact) mass is 644 g/mol. The van der Waals surface area contributed by atoms with Gasteiger partial charge in [-0.1, -0.05) is 66.7 Å². The maximum Gasteiger partial charge on any atom is 0.335 e. The van der Waals surface area contributed by atoms with Crippen molar-refractivity contribution >= 4 is 35.2 Å². The van der Waals surface area contributed by atoms with Gasteiger partial charge in [-0.15, -0.1) is 0 Å². The van der Waals surface area contributed by atoms with Crippen LogP contribution in [0.5, 0.6) is 5.88 Å². The van der Waals surface area contributed by atoms with E-state index in [0.717, 1.165) is 0 Å². The highest BCUT2D eigenvalue weighted by Gasteiger charge is 2.37. The molecule has 4 aromatic carbocycles. The molecule has 2 heterocycles. The first-order valence-corrected chi connectivity index (χ1v) is 14.8. The molecule has 6 rings (SSSR count). The predicted molar refractivity (Wildman–Crippen MR) is 183 cm³/mol. The average molecular weight is 645 g/mol. The molecule has 1 aliphatic heterocycles. The van der Waals surface area contributed by atoms with Gasteiger partial charge in [0.15, 0.2) is 0 Å². The van der Waals surface area contributed by atoms with E-state index in [0.29, 0.717) is 45.0 Å². The Morgan fingerprint density at radius 3 is 1.82 bits per heavy atom. The molecule has 49 heavy (non-hydrogen) atoms. The normalized spacial score (nSPS) is 13.6. The third kappa shape index (κ3) is 5.74. The number of carboxylic acid groups (broad SMARTS) is 2. The molecule has 0 aliphatic carbocycles. The molecule has 0 radical (unpaired) electrons. The van der Waals surface area contributed by atoms with Crippen LogP contribution in [-0.2, 0) is 4.79 Å². The summed E-state index contributed by atoms with van der Waals surface area (Å²) in [6.07, 6.45) is 4.91. The van der Waals surface area contributed by atoms with Crippen molar-refractivity contribution < 1.29 is 29.7 Å². The van der Waals surface area contributed by atoms with Gasteiger partial charge in [0, 0.05) is 28.2 Å². The highest BCUT2D eigenvalue weighted by atomic mass is 16.4. The minimum atomic E-state index is -1.13. The number of carbonyl (C=O) groups is 3. The molecule has 0 fully saturated rings. The Morgan fingerprint density at radius 2 is 1.31 bits per heavy atom. The number of nitriles is 1. The summed E-state index contributed by atoms with van der Waals surface area (Å²) in [6.45, 7) is 7.89. The first kappa shape index (κ1) is 31.5. The van der Waals surface area contributed by atoms with E-state index in [1.54, 1.807) is 66.8 Å². The molecule has 1 aromatic heterocycles. The number of allylic oxidation sites excluding steroid dienone is 3. The minimum absolute atomic E-state index is 0.00262. The van der Waals surface area contributed by atoms with Crippen molar-refractivity contribution in [2.75, 3.05) is 4.90 Å². The van der Waals surface area contributed by atoms with Crippen LogP contribution in [0.1, 0.15) is 37.5 Å². The zero-order valence-corrected chi connectivity index (χ0v) is 25.5. The molecule has 236 valence electrons. The molecule has 0 unspecified atom stereocenters. The van der Waals surface area contributed by atoms with Crippen LogP contribution in [0, 0.1) is 17.9 Å². The molecule has 3 N–H and O–H groups in total. The Morgan fingerprint density at radius 1 is 0.776 bits per heavy atom. The van der Waals surface area contributed by atoms with Crippen LogP contribution < -0.4 is 4.90 Å². The molecular weight excluding hydrogens is 620 g/mol. The average Bonchev–Trinajstić information content (AvgIpc) is 3.57. The van der Waals surface area contributed by atoms with Gasteiger partial charge in [0.25, 0.3) is 11.6 Å². The number of carboxylic acids is 2. The second-order valence-electron chi connectivity index (χ2n) is 10.7. The smallest absolute Gasteiger partial charge is 0.335 e. The SMILES string of the molecule is [C-]#[N+]C1=C(c2ccccc2)/C(=C\C=C\c2c(-c3ccccc3)c(C#N)c(O)n2-c2ccc(C(=O)O)cc2)N(c2ccc(C(=O)O)cc2)C1=O. The molecule has 1 amide bonds. The third-order valence-corrected chi connectivity index (χ3v) is 7.92. The van der Waals surface area contributed by atoms with Crippen molar-refractivity contribution in [1.29, 1.82) is 5.26 Å². The van der Waals surface area contributed by atoms with Gasteiger partial charge < -0.3 is 15.3 Å². The van der Waals surface area contributed by atoms with Gasteiger partial charge in [0.05, 0.1) is 23.4 Å². The standard InChI is InChI=1S/C39H24N4O6/c1-41-35-34(25-11-6-3-7-12-25)32(43(37(35)45)29-21-17-27(18-22-29)39(48)49)14-8-13-31-33(24-9-4-2-5-10-24)30(23-40)36(44)42(31)28-19-15-26(16-20-28)38(46)47/h2-22,44H,(H,46,47)(H,48,49)/b13-8+,32-14+. The Labute approximate surface area is 280 Å². The molecule has 0 atom stereocenters. The molecular formula is C39H24N4O6. The van der Waals surface area contributed by atoms with Gasteiger partial charge in [-0.3, -0.25) is 14.3 Å². The quantitative estimate of drug-likeness (QED) is 0.149. The van der Waals surface area contributed by atoms with E-state index in [-0.39, 0.29) is 28.3 Å². The summed E-state index contributed by atoms with van der Waals surface area (Å²) in [4.78, 5) is 41.7. The van der Waals surface area contributed by atoms with Crippen molar-refractivity contribution in [3.63, 3.8) is 0 Å². The number of rotatable bonds is 8. The number of aromatic nitrogens is 1. The van der Waals surface area contributed by atoms with Crippen LogP contribution in [-0.4, -0.2) is 37.7 Å². The van der Waals surface area contributed by atoms with E-state index < -0.39 is 17.8 Å². The molecule has 0 spiro atoms. The van der Waals surface area contributed by atoms with Crippen LogP contribution in [0.3, 0.4) is 0 Å². The lowest BCUT2D eigenvalue weighted by Crippen LogP contribution is -2.25. The summed E-state index contributed by atoms with van der Waals surface area (Å²) < 4.78 is 1.43. The molecule has 10 heteroatoms. The zero-order chi connectivity index (χ0) is 34.7. The first-order chi connectivity index (χ1) is 23.7. The number of anilines is 1. The van der Waals surface area contributed by atoms with Gasteiger partial charge >= 0.3 is 11.9 Å². The molecule has 5 aromatic rings. The maximum absolute atomic E-state index is 13.8. The zero-order valence-electron chi connectivity index (χ0n) is 25.5. The number of benzene rings is 4. The van der Waals surface area contributed by atoms with Crippen molar-refractivity contribution in [2.45, 2.75) is 0 Å². The Bertz CT molecular complexity index is 2300. The van der Waals surface area contributed by atoms with E-state index >= 15 is 0 Å². The molecule has 10 nitrogen and oxygen atoms in total. The fraction of sp³-hybridized carbons (Fsp3) is 0. The second kappa shape index (κ2) is 13.1. The largest absolute Gasteiger partial charge is 0.493 e. The molecule has 0 saturated heterocycles. The van der Waals surface area contributed by atoms with Crippen LogP contribution in [0.15, 0.2) is 133 Å². The third-order valence-electron chi connectivity index (χ3n) is 7.92. The van der Waals surface area contributed by atoms with Crippen molar-refractivity contribution in [1.82, 2.24) is 4.57 Å². The van der Waals surface area contributed by atoms with Gasteiger partial charge in [-0.2, -0.15) is 5.26 Å². The predicted octanol–water partition coefficient (Wildman–Crippen LogP) is 7.39. The van der Waals surface area contributed by atoms with E-state index in [1.165, 1.54) is 58.0 Å². The fourth-order valence-electron chi connectivity index (χ4n) is 5.70. The van der Waals surface area contributed by atoms with E-state index in [2.05, 4.69) is 10.9 Å². The number of aromatic carboxylic acids is 2. The lowest BCUT2D eigenvalue weighted by Gasteiger charge is -2.21. The Hall–Kier alpha value is -7.43. The number of hydrogen-bond acceptors (Lipinski definition) is 5. The number of nitrogens with zero attached hydrogens (tertiary/aromatic N) is 4. The van der Waals surface area contributed by atoms with Crippen molar-refractivity contribution in [3.8, 4) is 28.8 Å². The highest BCUT2D eigenvalue weighted by Crippen LogP contribution is 2.42. The summed E-state index contributed by atoms with van der Waals surface area (Å²) in [5, 5.41) is 40.4. The first-order valence-electron chi connectivity index (χ1n) is 14.8. The Balaban J connectivity index is 1.57. The highest BCUT2D eigenvalue weighted by molar-refractivity contribution is 6.23. The molecule has 0 bridgehead atoms. The van der Waals surface area contributed by atoms with Crippen LogP contribution in [0.2, 0.25) is 0 Å². The van der Waals surface area contributed by atoms with E-state index in [1.807, 2.05) is 12.1 Å². The fourth-order valence-corrected chi connectivity index (χ4v) is 5.70. The van der Waals surface area contributed by atoms with Gasteiger partial charge in [-0.25, -0.2) is 14.4 Å². The number of amides is 1. The van der Waals surface area contributed by atoms with Gasteiger partial charge in [0.2, 0.25) is 5.88 Å². The summed E-state index contributed by atoms with van der Waals surface area (Å²) >= 11 is 0. The van der Waals surface area contributed by atoms with E-state index in [9.17, 15) is 35.0 Å². The summed E-state index contributed by atoms with van der Waals surface area (Å²) in [6, 6.07) is 31.6. The molecule has 1 aliphatic rings. The summed E-state index contributed by atoms with van der Waals surface area (Å²) in [7, 11) is 0. The van der Waals surface area contributed by atoms with Crippen LogP contribution in [0.4, 0.5) is 5.69 Å². The molecule has 0 saturated carbocycles. The van der Waals surface area contributed by atoms with Gasteiger partial charge in [0.1, 0.15) is 11.6 Å². The van der Waals surface area contributed by atoms with Crippen molar-refractivity contribution in [3.05, 3.63) is 172 Å². The van der Waals surface area contributed by atoms with Gasteiger partial charge in [-0.05, 0) is 71.8 Å². The lowest BCUT2D eigenvalue weighted by atomic mass is 10.0. The number of hydrogen-bond donors (Lipinski definition) is 3.